The van der Waals surface area contributed by atoms with Gasteiger partial charge in [-0.2, -0.15) is 0 Å². The number of hydrogen-bond donors (Lipinski definition) is 1. The van der Waals surface area contributed by atoms with Crippen molar-refractivity contribution in [2.45, 2.75) is 12.8 Å². The van der Waals surface area contributed by atoms with Gasteiger partial charge in [-0.15, -0.1) is 13.2 Å². The number of hydrogen-bond acceptors (Lipinski definition) is 5. The van der Waals surface area contributed by atoms with Gasteiger partial charge in [-0.25, -0.2) is 0 Å². The third-order valence-electron chi connectivity index (χ3n) is 8.95. The van der Waals surface area contributed by atoms with Gasteiger partial charge < -0.3 is 5.11 Å². The number of allylic oxidation sites excluding steroid dienone is 2. The van der Waals surface area contributed by atoms with Crippen LogP contribution in [-0.2, 0) is 27.1 Å². The molecule has 0 saturated carbocycles. The van der Waals surface area contributed by atoms with Gasteiger partial charge in [0.1, 0.15) is 11.5 Å². The van der Waals surface area contributed by atoms with Gasteiger partial charge in [0, 0.05) is 5.56 Å². The fourth-order valence-electron chi connectivity index (χ4n) is 6.35. The van der Waals surface area contributed by atoms with Crippen LogP contribution in [0.1, 0.15) is 11.1 Å². The molecule has 5 aromatic carbocycles. The van der Waals surface area contributed by atoms with E-state index in [0.717, 1.165) is 40.6 Å². The van der Waals surface area contributed by atoms with Crippen molar-refractivity contribution in [2.75, 3.05) is 52.4 Å². The number of phenols is 1. The second-order valence-electron chi connectivity index (χ2n) is 12.3. The molecule has 7 heteroatoms. The molecule has 0 atom stereocenters. The van der Waals surface area contributed by atoms with Crippen LogP contribution in [0.3, 0.4) is 0 Å². The van der Waals surface area contributed by atoms with Crippen molar-refractivity contribution in [3.05, 3.63) is 164 Å². The van der Waals surface area contributed by atoms with Crippen LogP contribution >= 0.6 is 20.8 Å². The van der Waals surface area contributed by atoms with Crippen LogP contribution in [0.4, 0.5) is 0 Å². The number of ether oxygens (including phenoxy) is 4. The molecule has 0 heterocycles. The van der Waals surface area contributed by atoms with Crippen molar-refractivity contribution in [3.63, 3.8) is 0 Å². The maximum Gasteiger partial charge on any atom is -0.00152 e. The summed E-state index contributed by atoms with van der Waals surface area (Å²) in [6.07, 6.45) is 5.91. The molecule has 0 saturated heterocycles. The first-order valence-corrected chi connectivity index (χ1v) is 21.8. The Hall–Kier alpha value is -4.03. The molecule has 0 amide bonds. The molecule has 51 heavy (non-hydrogen) atoms. The van der Waals surface area contributed by atoms with Crippen LogP contribution in [0.15, 0.2) is 153 Å². The number of halogens is 1. The molecule has 0 spiro atoms. The van der Waals surface area contributed by atoms with Crippen molar-refractivity contribution in [3.8, 4) is 22.6 Å². The molecule has 1 N–H and O–H groups in total. The molecule has 5 rings (SSSR count). The van der Waals surface area contributed by atoms with Gasteiger partial charge in [-0.1, -0.05) is 24.3 Å². The molecule has 0 bridgehead atoms. The first kappa shape index (κ1) is 38.2. The summed E-state index contributed by atoms with van der Waals surface area (Å²) in [7, 11) is 0. The number of rotatable bonds is 21. The zero-order valence-electron chi connectivity index (χ0n) is 29.2. The molecule has 0 fully saturated rings. The Bertz CT molecular complexity index is 1730. The van der Waals surface area contributed by atoms with E-state index in [4.69, 9.17) is 18.9 Å². The Morgan fingerprint density at radius 2 is 1.08 bits per heavy atom. The number of phenolic OH excluding ortho intramolecular Hbond substituents is 1. The molecule has 0 unspecified atom stereocenters. The van der Waals surface area contributed by atoms with E-state index in [-0.39, 0.29) is 5.75 Å². The van der Waals surface area contributed by atoms with Crippen LogP contribution in [0.2, 0.25) is 0 Å². The standard InChI is InChI=1S/C44H48BrO5P/c1-3-14-36-22-24-43(46)42(34-36)37-23-25-44(38(35-37)15-4-2)50-31-30-48-27-26-47-28-29-49-32-33-51(45,39-16-8-5-9-17-39,40-18-10-6-11-19-40)41-20-12-7-13-21-41/h3-13,16-25,34-35,46H,1-2,14-15,26-33H2. The molecule has 0 aliphatic heterocycles. The van der Waals surface area contributed by atoms with Crippen molar-refractivity contribution in [1.82, 2.24) is 0 Å². The molecule has 0 aromatic heterocycles. The molecule has 5 nitrogen and oxygen atoms in total. The van der Waals surface area contributed by atoms with Crippen LogP contribution in [-0.4, -0.2) is 57.5 Å². The molecular formula is C44H48BrO5P. The van der Waals surface area contributed by atoms with Crippen LogP contribution in [0.5, 0.6) is 11.5 Å². The topological polar surface area (TPSA) is 57.2 Å². The Morgan fingerprint density at radius 3 is 1.61 bits per heavy atom. The zero-order chi connectivity index (χ0) is 35.8. The Labute approximate surface area is 311 Å². The van der Waals surface area contributed by atoms with E-state index in [1.807, 2.05) is 42.5 Å². The fraction of sp³-hybridized carbons (Fsp3) is 0.227. The maximum atomic E-state index is 10.5. The quantitative estimate of drug-likeness (QED) is 0.0460. The molecule has 266 valence electrons. The maximum absolute atomic E-state index is 10.5. The van der Waals surface area contributed by atoms with Crippen molar-refractivity contribution < 1.29 is 24.1 Å². The van der Waals surface area contributed by atoms with Gasteiger partial charge in [-0.3, -0.25) is 0 Å². The summed E-state index contributed by atoms with van der Waals surface area (Å²) in [5, 5.41) is 11.3. The van der Waals surface area contributed by atoms with E-state index in [1.54, 1.807) is 6.07 Å². The summed E-state index contributed by atoms with van der Waals surface area (Å²) >= 11 is 4.47. The van der Waals surface area contributed by atoms with Crippen LogP contribution in [0, 0.1) is 0 Å². The van der Waals surface area contributed by atoms with Gasteiger partial charge in [0.05, 0.1) is 0 Å². The van der Waals surface area contributed by atoms with Crippen LogP contribution < -0.4 is 20.7 Å². The summed E-state index contributed by atoms with van der Waals surface area (Å²) in [6, 6.07) is 43.9. The minimum absolute atomic E-state index is 0.244. The van der Waals surface area contributed by atoms with E-state index in [0.29, 0.717) is 52.7 Å². The minimum Gasteiger partial charge on any atom is -0.103 e. The minimum atomic E-state index is -3.00. The first-order valence-electron chi connectivity index (χ1n) is 17.4. The van der Waals surface area contributed by atoms with Gasteiger partial charge in [0.2, 0.25) is 0 Å². The van der Waals surface area contributed by atoms with E-state index in [1.165, 1.54) is 15.9 Å². The van der Waals surface area contributed by atoms with Gasteiger partial charge in [-0.05, 0) is 53.8 Å². The zero-order valence-corrected chi connectivity index (χ0v) is 31.7. The van der Waals surface area contributed by atoms with E-state index >= 15 is 0 Å². The van der Waals surface area contributed by atoms with Crippen molar-refractivity contribution in [1.29, 1.82) is 0 Å². The molecular weight excluding hydrogens is 719 g/mol. The molecule has 0 radical (unpaired) electrons. The summed E-state index contributed by atoms with van der Waals surface area (Å²) in [6.45, 7) is 11.1. The normalized spacial score (nSPS) is 12.1. The Balaban J connectivity index is 1.06. The fourth-order valence-corrected chi connectivity index (χ4v) is 13.4. The predicted molar refractivity (Wildman–Crippen MR) is 218 cm³/mol. The summed E-state index contributed by atoms with van der Waals surface area (Å²) in [5.41, 5.74) is 3.81. The van der Waals surface area contributed by atoms with Crippen molar-refractivity contribution >= 4 is 36.7 Å². The van der Waals surface area contributed by atoms with Gasteiger partial charge in [0.25, 0.3) is 0 Å². The summed E-state index contributed by atoms with van der Waals surface area (Å²) in [4.78, 5) is 0. The predicted octanol–water partition coefficient (Wildman–Crippen LogP) is 8.78. The monoisotopic (exact) mass is 766 g/mol. The van der Waals surface area contributed by atoms with E-state index in [2.05, 4.69) is 120 Å². The number of benzene rings is 5. The average Bonchev–Trinajstić information content (AvgIpc) is 3.17. The van der Waals surface area contributed by atoms with Crippen molar-refractivity contribution in [2.24, 2.45) is 0 Å². The first-order chi connectivity index (χ1) is 25.0. The van der Waals surface area contributed by atoms with Gasteiger partial charge in [0.15, 0.2) is 0 Å². The van der Waals surface area contributed by atoms with Gasteiger partial charge >= 0.3 is 199 Å². The smallest absolute Gasteiger partial charge is 0.00152 e. The Kier molecular flexibility index (Phi) is 14.2. The van der Waals surface area contributed by atoms with E-state index < -0.39 is 5.31 Å². The third kappa shape index (κ3) is 9.45. The molecule has 0 aliphatic rings. The van der Waals surface area contributed by atoms with Crippen LogP contribution in [0.25, 0.3) is 11.1 Å². The van der Waals surface area contributed by atoms with E-state index in [9.17, 15) is 5.11 Å². The number of aromatic hydroxyl groups is 1. The second kappa shape index (κ2) is 19.0. The largest absolute Gasteiger partial charge is 0.103 e. The molecule has 5 aromatic rings. The average molecular weight is 768 g/mol. The summed E-state index contributed by atoms with van der Waals surface area (Å²) < 4.78 is 23.9. The summed E-state index contributed by atoms with van der Waals surface area (Å²) in [5.74, 6) is 1.02. The Morgan fingerprint density at radius 1 is 0.569 bits per heavy atom. The second-order valence-corrected chi connectivity index (χ2v) is 21.3. The molecule has 0 aliphatic carbocycles. The third-order valence-corrected chi connectivity index (χ3v) is 18.8. The SMILES string of the molecule is C=CCc1ccc(O)c(-c2ccc(OCCOCCOCCOCCP(Br)(c3ccccc3)(c3ccccc3)c3ccccc3)c(CC=C)c2)c1.